The van der Waals surface area contributed by atoms with E-state index >= 15 is 0 Å². The first-order valence-corrected chi connectivity index (χ1v) is 7.16. The molecular formula is C16H24N2O. The van der Waals surface area contributed by atoms with Crippen molar-refractivity contribution in [2.24, 2.45) is 5.73 Å². The van der Waals surface area contributed by atoms with Crippen molar-refractivity contribution in [1.82, 2.24) is 4.90 Å². The number of carbonyl (C=O) groups excluding carboxylic acids is 1. The zero-order chi connectivity index (χ0) is 14.0. The fourth-order valence-electron chi connectivity index (χ4n) is 2.96. The van der Waals surface area contributed by atoms with E-state index in [-0.39, 0.29) is 18.0 Å². The number of hydrogen-bond acceptors (Lipinski definition) is 2. The first kappa shape index (κ1) is 14.1. The third kappa shape index (κ3) is 2.81. The van der Waals surface area contributed by atoms with Crippen molar-refractivity contribution in [3.63, 3.8) is 0 Å². The molecule has 19 heavy (non-hydrogen) atoms. The van der Waals surface area contributed by atoms with Crippen LogP contribution in [0.3, 0.4) is 0 Å². The monoisotopic (exact) mass is 260 g/mol. The van der Waals surface area contributed by atoms with Gasteiger partial charge in [-0.3, -0.25) is 4.79 Å². The molecule has 2 atom stereocenters. The number of amides is 1. The van der Waals surface area contributed by atoms with Crippen LogP contribution in [0, 0.1) is 13.8 Å². The van der Waals surface area contributed by atoms with E-state index in [0.29, 0.717) is 6.42 Å². The Hall–Kier alpha value is -1.35. The lowest BCUT2D eigenvalue weighted by Crippen LogP contribution is -2.49. The van der Waals surface area contributed by atoms with Gasteiger partial charge in [0.1, 0.15) is 0 Å². The predicted octanol–water partition coefficient (Wildman–Crippen LogP) is 2.70. The SMILES string of the molecule is CCCN1C(=O)CCC(N)C1c1cc(C)ccc1C. The summed E-state index contributed by atoms with van der Waals surface area (Å²) in [6, 6.07) is 6.51. The average Bonchev–Trinajstić information content (AvgIpc) is 2.38. The second kappa shape index (κ2) is 5.74. The van der Waals surface area contributed by atoms with Gasteiger partial charge in [0.2, 0.25) is 5.91 Å². The van der Waals surface area contributed by atoms with E-state index in [1.165, 1.54) is 16.7 Å². The van der Waals surface area contributed by atoms with Crippen LogP contribution in [0.4, 0.5) is 0 Å². The van der Waals surface area contributed by atoms with Crippen molar-refractivity contribution in [3.05, 3.63) is 34.9 Å². The maximum atomic E-state index is 12.2. The summed E-state index contributed by atoms with van der Waals surface area (Å²) in [5, 5.41) is 0. The molecule has 1 fully saturated rings. The Morgan fingerprint density at radius 2 is 2.11 bits per heavy atom. The zero-order valence-electron chi connectivity index (χ0n) is 12.1. The number of benzene rings is 1. The van der Waals surface area contributed by atoms with E-state index in [1.807, 2.05) is 4.90 Å². The highest BCUT2D eigenvalue weighted by Gasteiger charge is 2.34. The normalized spacial score (nSPS) is 23.8. The van der Waals surface area contributed by atoms with Gasteiger partial charge in [-0.2, -0.15) is 0 Å². The number of piperidine rings is 1. The summed E-state index contributed by atoms with van der Waals surface area (Å²) in [4.78, 5) is 14.2. The molecule has 1 aromatic rings. The van der Waals surface area contributed by atoms with Crippen molar-refractivity contribution >= 4 is 5.91 Å². The Morgan fingerprint density at radius 1 is 1.37 bits per heavy atom. The molecule has 1 saturated heterocycles. The van der Waals surface area contributed by atoms with E-state index < -0.39 is 0 Å². The molecule has 0 bridgehead atoms. The molecule has 104 valence electrons. The smallest absolute Gasteiger partial charge is 0.223 e. The van der Waals surface area contributed by atoms with Crippen LogP contribution in [0.1, 0.15) is 48.9 Å². The van der Waals surface area contributed by atoms with Crippen LogP contribution in [0.2, 0.25) is 0 Å². The third-order valence-corrected chi connectivity index (χ3v) is 3.97. The minimum absolute atomic E-state index is 0.0427. The zero-order valence-corrected chi connectivity index (χ0v) is 12.1. The minimum Gasteiger partial charge on any atom is -0.334 e. The molecule has 2 unspecified atom stereocenters. The Morgan fingerprint density at radius 3 is 2.79 bits per heavy atom. The van der Waals surface area contributed by atoms with Crippen molar-refractivity contribution < 1.29 is 4.79 Å². The van der Waals surface area contributed by atoms with Crippen LogP contribution in [-0.4, -0.2) is 23.4 Å². The lowest BCUT2D eigenvalue weighted by atomic mass is 9.87. The van der Waals surface area contributed by atoms with Gasteiger partial charge in [-0.05, 0) is 37.8 Å². The molecule has 0 saturated carbocycles. The van der Waals surface area contributed by atoms with Crippen molar-refractivity contribution in [2.75, 3.05) is 6.54 Å². The Bertz CT molecular complexity index is 470. The molecule has 0 spiro atoms. The summed E-state index contributed by atoms with van der Waals surface area (Å²) in [5.41, 5.74) is 9.98. The number of rotatable bonds is 3. The van der Waals surface area contributed by atoms with Crippen molar-refractivity contribution in [2.45, 2.75) is 52.1 Å². The van der Waals surface area contributed by atoms with Crippen molar-refractivity contribution in [3.8, 4) is 0 Å². The minimum atomic E-state index is 0.0427. The second-order valence-electron chi connectivity index (χ2n) is 5.59. The van der Waals surface area contributed by atoms with Gasteiger partial charge < -0.3 is 10.6 Å². The second-order valence-corrected chi connectivity index (χ2v) is 5.59. The van der Waals surface area contributed by atoms with Gasteiger partial charge in [0.25, 0.3) is 0 Å². The number of nitrogens with zero attached hydrogens (tertiary/aromatic N) is 1. The first-order chi connectivity index (χ1) is 9.04. The average molecular weight is 260 g/mol. The van der Waals surface area contributed by atoms with Gasteiger partial charge >= 0.3 is 0 Å². The maximum Gasteiger partial charge on any atom is 0.223 e. The van der Waals surface area contributed by atoms with Crippen LogP contribution in [0.5, 0.6) is 0 Å². The largest absolute Gasteiger partial charge is 0.334 e. The number of nitrogens with two attached hydrogens (primary N) is 1. The van der Waals surface area contributed by atoms with Crippen molar-refractivity contribution in [1.29, 1.82) is 0 Å². The molecule has 3 nitrogen and oxygen atoms in total. The van der Waals surface area contributed by atoms with E-state index in [4.69, 9.17) is 5.73 Å². The van der Waals surface area contributed by atoms with Gasteiger partial charge in [0.05, 0.1) is 6.04 Å². The van der Waals surface area contributed by atoms with Crippen LogP contribution in [0.25, 0.3) is 0 Å². The third-order valence-electron chi connectivity index (χ3n) is 3.97. The molecular weight excluding hydrogens is 236 g/mol. The topological polar surface area (TPSA) is 46.3 Å². The number of likely N-dealkylation sites (tertiary alicyclic amines) is 1. The highest BCUT2D eigenvalue weighted by molar-refractivity contribution is 5.78. The standard InChI is InChI=1S/C16H24N2O/c1-4-9-18-15(19)8-7-14(17)16(18)13-10-11(2)5-6-12(13)3/h5-6,10,14,16H,4,7-9,17H2,1-3H3. The summed E-state index contributed by atoms with van der Waals surface area (Å²) in [7, 11) is 0. The number of carbonyl (C=O) groups is 1. The fourth-order valence-corrected chi connectivity index (χ4v) is 2.96. The molecule has 1 aliphatic heterocycles. The van der Waals surface area contributed by atoms with Crippen LogP contribution >= 0.6 is 0 Å². The quantitative estimate of drug-likeness (QED) is 0.908. The van der Waals surface area contributed by atoms with Gasteiger partial charge in [0, 0.05) is 19.0 Å². The summed E-state index contributed by atoms with van der Waals surface area (Å²) in [6.45, 7) is 7.09. The molecule has 1 heterocycles. The van der Waals surface area contributed by atoms with Gasteiger partial charge in [0.15, 0.2) is 0 Å². The summed E-state index contributed by atoms with van der Waals surface area (Å²) in [6.07, 6.45) is 2.35. The highest BCUT2D eigenvalue weighted by Crippen LogP contribution is 2.33. The molecule has 0 aromatic heterocycles. The maximum absolute atomic E-state index is 12.2. The number of hydrogen-bond donors (Lipinski definition) is 1. The van der Waals surface area contributed by atoms with Gasteiger partial charge in [-0.15, -0.1) is 0 Å². The Kier molecular flexibility index (Phi) is 4.25. The van der Waals surface area contributed by atoms with E-state index in [2.05, 4.69) is 39.0 Å². The van der Waals surface area contributed by atoms with E-state index in [1.54, 1.807) is 0 Å². The van der Waals surface area contributed by atoms with E-state index in [9.17, 15) is 4.79 Å². The van der Waals surface area contributed by atoms with Crippen LogP contribution in [0.15, 0.2) is 18.2 Å². The summed E-state index contributed by atoms with van der Waals surface area (Å²) in [5.74, 6) is 0.245. The Balaban J connectivity index is 2.41. The Labute approximate surface area is 115 Å². The molecule has 1 aliphatic rings. The molecule has 2 N–H and O–H groups in total. The van der Waals surface area contributed by atoms with Gasteiger partial charge in [-0.1, -0.05) is 30.7 Å². The molecule has 1 amide bonds. The van der Waals surface area contributed by atoms with E-state index in [0.717, 1.165) is 19.4 Å². The molecule has 3 heteroatoms. The molecule has 2 rings (SSSR count). The van der Waals surface area contributed by atoms with Crippen LogP contribution < -0.4 is 5.73 Å². The number of aryl methyl sites for hydroxylation is 2. The lowest BCUT2D eigenvalue weighted by Gasteiger charge is -2.40. The summed E-state index contributed by atoms with van der Waals surface area (Å²) < 4.78 is 0. The molecule has 0 aliphatic carbocycles. The van der Waals surface area contributed by atoms with Gasteiger partial charge in [-0.25, -0.2) is 0 Å². The predicted molar refractivity (Wildman–Crippen MR) is 77.9 cm³/mol. The molecule has 0 radical (unpaired) electrons. The lowest BCUT2D eigenvalue weighted by molar-refractivity contribution is -0.137. The summed E-state index contributed by atoms with van der Waals surface area (Å²) >= 11 is 0. The molecule has 1 aromatic carbocycles. The fraction of sp³-hybridized carbons (Fsp3) is 0.562. The highest BCUT2D eigenvalue weighted by atomic mass is 16.2. The van der Waals surface area contributed by atoms with Crippen LogP contribution in [-0.2, 0) is 4.79 Å². The first-order valence-electron chi connectivity index (χ1n) is 7.16.